The fraction of sp³-hybridized carbons (Fsp3) is 0.524. The van der Waals surface area contributed by atoms with Gasteiger partial charge < -0.3 is 15.3 Å². The summed E-state index contributed by atoms with van der Waals surface area (Å²) in [4.78, 5) is 25.2. The number of carbonyl (C=O) groups is 2. The summed E-state index contributed by atoms with van der Waals surface area (Å²) >= 11 is 13.5. The molecule has 13 heteroatoms. The number of nitrogens with one attached hydrogen (secondary N) is 1. The van der Waals surface area contributed by atoms with Gasteiger partial charge in [0.2, 0.25) is 10.0 Å². The van der Waals surface area contributed by atoms with Crippen LogP contribution in [0.25, 0.3) is 0 Å². The number of carboxylic acids is 1. The molecule has 1 aliphatic heterocycles. The smallest absolute Gasteiger partial charge is 0.345 e. The number of sulfonamides is 1. The molecule has 1 amide bonds. The van der Waals surface area contributed by atoms with Crippen molar-refractivity contribution >= 4 is 67.8 Å². The fourth-order valence-electron chi connectivity index (χ4n) is 3.38. The first-order chi connectivity index (χ1) is 15.9. The topological polar surface area (TPSA) is 107 Å². The van der Waals surface area contributed by atoms with Gasteiger partial charge in [-0.05, 0) is 64.0 Å². The second kappa shape index (κ2) is 13.2. The van der Waals surface area contributed by atoms with E-state index in [-0.39, 0.29) is 29.1 Å². The molecule has 2 aromatic heterocycles. The van der Waals surface area contributed by atoms with Crippen molar-refractivity contribution < 1.29 is 23.1 Å². The van der Waals surface area contributed by atoms with Crippen molar-refractivity contribution in [3.63, 3.8) is 0 Å². The number of nitrogens with zero attached hydrogens (tertiary/aromatic N) is 2. The maximum atomic E-state index is 12.5. The summed E-state index contributed by atoms with van der Waals surface area (Å²) in [7, 11) is -1.75. The van der Waals surface area contributed by atoms with Gasteiger partial charge in [-0.25, -0.2) is 17.5 Å². The van der Waals surface area contributed by atoms with E-state index >= 15 is 0 Å². The minimum Gasteiger partial charge on any atom is -0.477 e. The van der Waals surface area contributed by atoms with Crippen molar-refractivity contribution in [2.75, 3.05) is 32.4 Å². The third-order valence-electron chi connectivity index (χ3n) is 5.41. The second-order valence-corrected chi connectivity index (χ2v) is 13.5. The van der Waals surface area contributed by atoms with Crippen LogP contribution in [-0.4, -0.2) is 79.1 Å². The van der Waals surface area contributed by atoms with Gasteiger partial charge in [-0.2, -0.15) is 0 Å². The minimum absolute atomic E-state index is 0.0341. The molecule has 190 valence electrons. The van der Waals surface area contributed by atoms with E-state index in [0.29, 0.717) is 19.6 Å². The van der Waals surface area contributed by atoms with Gasteiger partial charge >= 0.3 is 5.97 Å². The number of halogens is 2. The lowest BCUT2D eigenvalue weighted by Gasteiger charge is -2.38. The summed E-state index contributed by atoms with van der Waals surface area (Å²) in [6, 6.07) is 6.85. The molecule has 0 atom stereocenters. The molecule has 2 N–H and O–H groups in total. The van der Waals surface area contributed by atoms with Gasteiger partial charge in [0, 0.05) is 25.7 Å². The highest BCUT2D eigenvalue weighted by molar-refractivity contribution is 7.89. The van der Waals surface area contributed by atoms with Crippen LogP contribution in [-0.2, 0) is 10.0 Å². The second-order valence-electron chi connectivity index (χ2n) is 7.96. The lowest BCUT2D eigenvalue weighted by atomic mass is 10.0. The fourth-order valence-corrected chi connectivity index (χ4v) is 6.54. The largest absolute Gasteiger partial charge is 0.477 e. The lowest BCUT2D eigenvalue weighted by molar-refractivity contribution is 0.0701. The molecule has 0 radical (unpaired) electrons. The quantitative estimate of drug-likeness (QED) is 0.489. The first-order valence-electron chi connectivity index (χ1n) is 10.6. The number of rotatable bonds is 8. The molecule has 0 bridgehead atoms. The Morgan fingerprint density at radius 2 is 1.65 bits per heavy atom. The van der Waals surface area contributed by atoms with Crippen LogP contribution >= 0.6 is 45.9 Å². The van der Waals surface area contributed by atoms with Gasteiger partial charge in [0.05, 0.1) is 19.3 Å². The van der Waals surface area contributed by atoms with Crippen LogP contribution in [0.4, 0.5) is 0 Å². The average molecular weight is 571 g/mol. The molecule has 3 heterocycles. The van der Waals surface area contributed by atoms with Crippen LogP contribution in [0.15, 0.2) is 24.3 Å². The van der Waals surface area contributed by atoms with Crippen molar-refractivity contribution in [2.45, 2.75) is 38.8 Å². The molecule has 0 spiro atoms. The molecule has 0 saturated carbocycles. The molecular weight excluding hydrogens is 541 g/mol. The molecule has 0 aromatic carbocycles. The number of aromatic carboxylic acids is 1. The lowest BCUT2D eigenvalue weighted by Crippen LogP contribution is -2.48. The van der Waals surface area contributed by atoms with E-state index in [4.69, 9.17) is 28.3 Å². The van der Waals surface area contributed by atoms with E-state index in [2.05, 4.69) is 24.1 Å². The van der Waals surface area contributed by atoms with Gasteiger partial charge in [-0.3, -0.25) is 4.79 Å². The number of amides is 1. The number of thiophene rings is 2. The number of hydrogen-bond donors (Lipinski definition) is 2. The summed E-state index contributed by atoms with van der Waals surface area (Å²) < 4.78 is 27.5. The number of carbonyl (C=O) groups excluding carboxylic acids is 1. The molecule has 0 aliphatic carbocycles. The molecule has 2 aromatic rings. The van der Waals surface area contributed by atoms with Gasteiger partial charge in [0.1, 0.15) is 4.88 Å². The molecule has 3 rings (SSSR count). The van der Waals surface area contributed by atoms with Crippen LogP contribution in [0.2, 0.25) is 8.67 Å². The summed E-state index contributed by atoms with van der Waals surface area (Å²) in [5, 5.41) is 11.0. The van der Waals surface area contributed by atoms with Crippen LogP contribution in [0.3, 0.4) is 0 Å². The summed E-state index contributed by atoms with van der Waals surface area (Å²) in [6.45, 7) is 6.23. The van der Waals surface area contributed by atoms with E-state index in [9.17, 15) is 18.0 Å². The Balaban J connectivity index is 0.000000379. The Morgan fingerprint density at radius 3 is 2.06 bits per heavy atom. The first-order valence-corrected chi connectivity index (χ1v) is 14.6. The third-order valence-corrected chi connectivity index (χ3v) is 9.75. The maximum absolute atomic E-state index is 12.5. The summed E-state index contributed by atoms with van der Waals surface area (Å²) in [6.07, 6.45) is 1.68. The zero-order valence-electron chi connectivity index (χ0n) is 19.2. The number of carboxylic acid groups (broad SMARTS) is 1. The minimum atomic E-state index is -3.39. The van der Waals surface area contributed by atoms with Crippen molar-refractivity contribution in [2.24, 2.45) is 0 Å². The highest BCUT2D eigenvalue weighted by Crippen LogP contribution is 2.22. The SMILES string of the molecule is CC(C)N1CCC(N(C)S(=O)(=O)CCNC(=O)c2ccc(Cl)s2)CC1.O=C(O)c1ccc(Cl)s1. The highest BCUT2D eigenvalue weighted by atomic mass is 35.5. The summed E-state index contributed by atoms with van der Waals surface area (Å²) in [5.74, 6) is -1.31. The Morgan fingerprint density at radius 1 is 1.12 bits per heavy atom. The van der Waals surface area contributed by atoms with Gasteiger partial charge in [-0.15, -0.1) is 22.7 Å². The predicted molar refractivity (Wildman–Crippen MR) is 139 cm³/mol. The van der Waals surface area contributed by atoms with Gasteiger partial charge in [0.15, 0.2) is 0 Å². The Hall–Kier alpha value is -1.21. The Labute approximate surface area is 218 Å². The van der Waals surface area contributed by atoms with E-state index in [1.807, 2.05) is 0 Å². The highest BCUT2D eigenvalue weighted by Gasteiger charge is 2.30. The maximum Gasteiger partial charge on any atom is 0.345 e. The summed E-state index contributed by atoms with van der Waals surface area (Å²) in [5.41, 5.74) is 0. The standard InChI is InChI=1S/C16H26ClN3O3S2.C5H3ClO2S/c1-12(2)20-9-6-13(7-10-20)19(3)25(22,23)11-8-18-16(21)14-4-5-15(17)24-14;6-4-2-1-3(9-4)5(7)8/h4-5,12-13H,6-11H2,1-3H3,(H,18,21);1-2H,(H,7,8). The number of likely N-dealkylation sites (tertiary alicyclic amines) is 1. The van der Waals surface area contributed by atoms with Gasteiger partial charge in [0.25, 0.3) is 5.91 Å². The van der Waals surface area contributed by atoms with Crippen molar-refractivity contribution in [1.29, 1.82) is 0 Å². The molecule has 34 heavy (non-hydrogen) atoms. The van der Waals surface area contributed by atoms with E-state index < -0.39 is 16.0 Å². The average Bonchev–Trinajstić information content (AvgIpc) is 3.42. The monoisotopic (exact) mass is 569 g/mol. The van der Waals surface area contributed by atoms with E-state index in [1.165, 1.54) is 21.7 Å². The first kappa shape index (κ1) is 29.0. The Kier molecular flexibility index (Phi) is 11.3. The molecule has 1 saturated heterocycles. The number of hydrogen-bond acceptors (Lipinski definition) is 7. The molecule has 1 fully saturated rings. The normalized spacial score (nSPS) is 15.3. The van der Waals surface area contributed by atoms with Crippen molar-refractivity contribution in [3.05, 3.63) is 42.7 Å². The molecule has 1 aliphatic rings. The van der Waals surface area contributed by atoms with Crippen LogP contribution in [0.1, 0.15) is 46.0 Å². The van der Waals surface area contributed by atoms with Crippen molar-refractivity contribution in [1.82, 2.24) is 14.5 Å². The predicted octanol–water partition coefficient (Wildman–Crippen LogP) is 4.37. The van der Waals surface area contributed by atoms with E-state index in [1.54, 1.807) is 25.2 Å². The molecule has 0 unspecified atom stereocenters. The molecular formula is C21H29Cl2N3O5S3. The zero-order chi connectivity index (χ0) is 25.5. The number of piperidine rings is 1. The zero-order valence-corrected chi connectivity index (χ0v) is 23.1. The Bertz CT molecular complexity index is 1060. The van der Waals surface area contributed by atoms with Gasteiger partial charge in [-0.1, -0.05) is 23.2 Å². The van der Waals surface area contributed by atoms with Crippen LogP contribution in [0, 0.1) is 0 Å². The third kappa shape index (κ3) is 8.78. The molecule has 8 nitrogen and oxygen atoms in total. The van der Waals surface area contributed by atoms with Crippen molar-refractivity contribution in [3.8, 4) is 0 Å². The van der Waals surface area contributed by atoms with Crippen LogP contribution < -0.4 is 5.32 Å². The van der Waals surface area contributed by atoms with E-state index in [0.717, 1.165) is 37.3 Å². The van der Waals surface area contributed by atoms with Crippen LogP contribution in [0.5, 0.6) is 0 Å².